The van der Waals surface area contributed by atoms with E-state index in [9.17, 15) is 4.79 Å². The highest BCUT2D eigenvalue weighted by atomic mass is 16.5. The van der Waals surface area contributed by atoms with Gasteiger partial charge in [0.1, 0.15) is 0 Å². The Bertz CT molecular complexity index is 732. The Morgan fingerprint density at radius 3 is 2.58 bits per heavy atom. The summed E-state index contributed by atoms with van der Waals surface area (Å²) in [5.41, 5.74) is 5.37. The monoisotopic (exact) mass is 321 g/mol. The molecule has 1 aliphatic rings. The minimum Gasteiger partial charge on any atom is -0.465 e. The molecule has 3 heteroatoms. The third kappa shape index (κ3) is 3.85. The lowest BCUT2D eigenvalue weighted by Gasteiger charge is -2.14. The number of rotatable bonds is 5. The molecule has 0 heterocycles. The highest BCUT2D eigenvalue weighted by Gasteiger charge is 2.10. The number of nitrogens with one attached hydrogen (secondary N) is 1. The Morgan fingerprint density at radius 1 is 1.08 bits per heavy atom. The van der Waals surface area contributed by atoms with Crippen molar-refractivity contribution < 1.29 is 9.53 Å². The molecule has 0 saturated heterocycles. The summed E-state index contributed by atoms with van der Waals surface area (Å²) < 4.78 is 4.84. The van der Waals surface area contributed by atoms with E-state index in [1.807, 2.05) is 18.2 Å². The number of hydrogen-bond acceptors (Lipinski definition) is 3. The van der Waals surface area contributed by atoms with E-state index in [1.165, 1.54) is 43.9 Å². The summed E-state index contributed by atoms with van der Waals surface area (Å²) in [5.74, 6) is -0.299. The van der Waals surface area contributed by atoms with Gasteiger partial charge in [-0.15, -0.1) is 0 Å². The minimum atomic E-state index is -0.299. The molecule has 0 unspecified atom stereocenters. The van der Waals surface area contributed by atoms with Crippen LogP contribution >= 0.6 is 0 Å². The van der Waals surface area contributed by atoms with Crippen molar-refractivity contribution in [3.8, 4) is 0 Å². The number of benzene rings is 2. The summed E-state index contributed by atoms with van der Waals surface area (Å²) in [7, 11) is 1.41. The molecule has 24 heavy (non-hydrogen) atoms. The van der Waals surface area contributed by atoms with Gasteiger partial charge >= 0.3 is 5.97 Å². The van der Waals surface area contributed by atoms with Crippen molar-refractivity contribution in [3.63, 3.8) is 0 Å². The van der Waals surface area contributed by atoms with E-state index < -0.39 is 0 Å². The molecular formula is C21H23NO2. The second kappa shape index (κ2) is 7.82. The first-order valence-electron chi connectivity index (χ1n) is 8.47. The standard InChI is InChI=1S/C21H23NO2/c1-24-21(23)20-10-6-5-9-18(20)15-22-19-13-11-17(12-14-19)16-7-3-2-4-8-16/h5-7,9-14,22H,2-4,8,15H2,1H3. The van der Waals surface area contributed by atoms with Gasteiger partial charge in [-0.25, -0.2) is 4.79 Å². The fourth-order valence-electron chi connectivity index (χ4n) is 3.08. The van der Waals surface area contributed by atoms with Crippen LogP contribution in [0, 0.1) is 0 Å². The molecule has 0 aliphatic heterocycles. The quantitative estimate of drug-likeness (QED) is 0.784. The summed E-state index contributed by atoms with van der Waals surface area (Å²) in [6, 6.07) is 16.1. The maximum atomic E-state index is 11.8. The zero-order valence-electron chi connectivity index (χ0n) is 14.0. The second-order valence-electron chi connectivity index (χ2n) is 6.05. The summed E-state index contributed by atoms with van der Waals surface area (Å²) in [5, 5.41) is 3.38. The molecule has 0 amide bonds. The van der Waals surface area contributed by atoms with Crippen molar-refractivity contribution in [1.82, 2.24) is 0 Å². The maximum Gasteiger partial charge on any atom is 0.338 e. The number of esters is 1. The van der Waals surface area contributed by atoms with E-state index in [1.54, 1.807) is 6.07 Å². The molecule has 0 radical (unpaired) electrons. The highest BCUT2D eigenvalue weighted by molar-refractivity contribution is 5.91. The third-order valence-electron chi connectivity index (χ3n) is 4.45. The molecule has 0 atom stereocenters. The molecule has 0 aromatic heterocycles. The smallest absolute Gasteiger partial charge is 0.338 e. The van der Waals surface area contributed by atoms with Gasteiger partial charge in [-0.3, -0.25) is 0 Å². The lowest BCUT2D eigenvalue weighted by Crippen LogP contribution is -2.09. The fourth-order valence-corrected chi connectivity index (χ4v) is 3.08. The van der Waals surface area contributed by atoms with E-state index in [-0.39, 0.29) is 5.97 Å². The van der Waals surface area contributed by atoms with Gasteiger partial charge in [0.2, 0.25) is 0 Å². The summed E-state index contributed by atoms with van der Waals surface area (Å²) in [6.07, 6.45) is 7.33. The van der Waals surface area contributed by atoms with E-state index in [0.29, 0.717) is 12.1 Å². The molecular weight excluding hydrogens is 298 g/mol. The molecule has 2 aromatic carbocycles. The van der Waals surface area contributed by atoms with Gasteiger partial charge in [0.05, 0.1) is 12.7 Å². The number of ether oxygens (including phenoxy) is 1. The maximum absolute atomic E-state index is 11.8. The van der Waals surface area contributed by atoms with Crippen LogP contribution in [0.1, 0.15) is 47.2 Å². The van der Waals surface area contributed by atoms with E-state index >= 15 is 0 Å². The Balaban J connectivity index is 1.67. The average molecular weight is 321 g/mol. The zero-order chi connectivity index (χ0) is 16.8. The molecule has 1 aliphatic carbocycles. The van der Waals surface area contributed by atoms with Gasteiger partial charge in [-0.05, 0) is 60.6 Å². The topological polar surface area (TPSA) is 38.3 Å². The van der Waals surface area contributed by atoms with Crippen LogP contribution in [0.15, 0.2) is 54.6 Å². The molecule has 0 spiro atoms. The normalized spacial score (nSPS) is 14.0. The number of carbonyl (C=O) groups is 1. The molecule has 124 valence electrons. The molecule has 0 saturated carbocycles. The van der Waals surface area contributed by atoms with Gasteiger partial charge in [-0.2, -0.15) is 0 Å². The van der Waals surface area contributed by atoms with Crippen molar-refractivity contribution in [2.45, 2.75) is 32.2 Å². The van der Waals surface area contributed by atoms with Crippen LogP contribution in [0.2, 0.25) is 0 Å². The van der Waals surface area contributed by atoms with Gasteiger partial charge in [-0.1, -0.05) is 36.4 Å². The lowest BCUT2D eigenvalue weighted by atomic mass is 9.94. The number of hydrogen-bond donors (Lipinski definition) is 1. The summed E-state index contributed by atoms with van der Waals surface area (Å²) in [6.45, 7) is 0.591. The predicted octanol–water partition coefficient (Wildman–Crippen LogP) is 5.04. The van der Waals surface area contributed by atoms with Crippen molar-refractivity contribution in [2.24, 2.45) is 0 Å². The second-order valence-corrected chi connectivity index (χ2v) is 6.05. The number of anilines is 1. The highest BCUT2D eigenvalue weighted by Crippen LogP contribution is 2.27. The van der Waals surface area contributed by atoms with Crippen molar-refractivity contribution in [3.05, 3.63) is 71.3 Å². The Kier molecular flexibility index (Phi) is 5.32. The van der Waals surface area contributed by atoms with Gasteiger partial charge in [0, 0.05) is 12.2 Å². The number of methoxy groups -OCH3 is 1. The molecule has 0 fully saturated rings. The van der Waals surface area contributed by atoms with Gasteiger partial charge < -0.3 is 10.1 Å². The minimum absolute atomic E-state index is 0.299. The molecule has 2 aromatic rings. The van der Waals surface area contributed by atoms with Crippen LogP contribution < -0.4 is 5.32 Å². The molecule has 3 nitrogen and oxygen atoms in total. The third-order valence-corrected chi connectivity index (χ3v) is 4.45. The average Bonchev–Trinajstić information content (AvgIpc) is 2.67. The van der Waals surface area contributed by atoms with E-state index in [4.69, 9.17) is 4.74 Å². The van der Waals surface area contributed by atoms with Crippen LogP contribution in [0.25, 0.3) is 5.57 Å². The fraction of sp³-hybridized carbons (Fsp3) is 0.286. The molecule has 0 bridgehead atoms. The van der Waals surface area contributed by atoms with Crippen LogP contribution in [-0.2, 0) is 11.3 Å². The number of carbonyl (C=O) groups excluding carboxylic acids is 1. The zero-order valence-corrected chi connectivity index (χ0v) is 14.0. The van der Waals surface area contributed by atoms with E-state index in [2.05, 4.69) is 35.7 Å². The van der Waals surface area contributed by atoms with Crippen LogP contribution in [0.3, 0.4) is 0 Å². The summed E-state index contributed by atoms with van der Waals surface area (Å²) >= 11 is 0. The number of allylic oxidation sites excluding steroid dienone is 2. The largest absolute Gasteiger partial charge is 0.465 e. The first-order valence-corrected chi connectivity index (χ1v) is 8.47. The van der Waals surface area contributed by atoms with Crippen molar-refractivity contribution in [2.75, 3.05) is 12.4 Å². The Hall–Kier alpha value is -2.55. The first-order chi connectivity index (χ1) is 11.8. The van der Waals surface area contributed by atoms with Crippen molar-refractivity contribution >= 4 is 17.2 Å². The SMILES string of the molecule is COC(=O)c1ccccc1CNc1ccc(C2=CCCCC2)cc1. The molecule has 1 N–H and O–H groups in total. The van der Waals surface area contributed by atoms with Crippen molar-refractivity contribution in [1.29, 1.82) is 0 Å². The van der Waals surface area contributed by atoms with Crippen LogP contribution in [-0.4, -0.2) is 13.1 Å². The summed E-state index contributed by atoms with van der Waals surface area (Å²) in [4.78, 5) is 11.8. The Labute approximate surface area is 143 Å². The van der Waals surface area contributed by atoms with Crippen LogP contribution in [0.5, 0.6) is 0 Å². The molecule has 3 rings (SSSR count). The lowest BCUT2D eigenvalue weighted by molar-refractivity contribution is 0.0599. The van der Waals surface area contributed by atoms with E-state index in [0.717, 1.165) is 11.3 Å². The van der Waals surface area contributed by atoms with Gasteiger partial charge in [0.25, 0.3) is 0 Å². The predicted molar refractivity (Wildman–Crippen MR) is 98.0 cm³/mol. The Morgan fingerprint density at radius 2 is 1.88 bits per heavy atom. The van der Waals surface area contributed by atoms with Gasteiger partial charge in [0.15, 0.2) is 0 Å². The van der Waals surface area contributed by atoms with Crippen LogP contribution in [0.4, 0.5) is 5.69 Å². The first kappa shape index (κ1) is 16.3.